The predicted octanol–water partition coefficient (Wildman–Crippen LogP) is 5.14. The molecule has 4 heteroatoms. The van der Waals surface area contributed by atoms with Crippen molar-refractivity contribution in [2.75, 3.05) is 0 Å². The summed E-state index contributed by atoms with van der Waals surface area (Å²) in [6.07, 6.45) is 5.33. The molecule has 1 radical (unpaired) electrons. The van der Waals surface area contributed by atoms with Crippen LogP contribution in [-0.2, 0) is 37.7 Å². The molecule has 4 rings (SSSR count). The van der Waals surface area contributed by atoms with Gasteiger partial charge in [-0.25, -0.2) is 0 Å². The molecule has 0 amide bonds. The van der Waals surface area contributed by atoms with Gasteiger partial charge in [-0.3, -0.25) is 4.79 Å². The number of aryl methyl sites for hydroxylation is 3. The van der Waals surface area contributed by atoms with Crippen LogP contribution in [0.2, 0.25) is 0 Å². The molecule has 0 bridgehead atoms. The van der Waals surface area contributed by atoms with E-state index in [1.54, 1.807) is 0 Å². The second kappa shape index (κ2) is 9.07. The van der Waals surface area contributed by atoms with Crippen molar-refractivity contribution in [1.82, 2.24) is 4.98 Å². The number of rotatable bonds is 2. The monoisotopic (exact) mass is 537 g/mol. The van der Waals surface area contributed by atoms with E-state index in [1.807, 2.05) is 12.3 Å². The summed E-state index contributed by atoms with van der Waals surface area (Å²) < 4.78 is 0. The van der Waals surface area contributed by atoms with Gasteiger partial charge >= 0.3 is 0 Å². The molecule has 3 nitrogen and oxygen atoms in total. The first-order valence-electron chi connectivity index (χ1n) is 8.72. The molecule has 0 unspecified atom stereocenters. The molecular weight excluding hydrogens is 514 g/mol. The number of allylic oxidation sites excluding steroid dienone is 2. The molecule has 3 aromatic rings. The van der Waals surface area contributed by atoms with Crippen molar-refractivity contribution in [2.45, 2.75) is 33.6 Å². The van der Waals surface area contributed by atoms with Gasteiger partial charge in [0, 0.05) is 32.4 Å². The van der Waals surface area contributed by atoms with Gasteiger partial charge in [0.05, 0.1) is 5.76 Å². The zero-order valence-electron chi connectivity index (χ0n) is 15.7. The number of hydrogen-bond donors (Lipinski definition) is 1. The smallest absolute Gasteiger partial charge is 0.155 e. The van der Waals surface area contributed by atoms with E-state index in [0.717, 1.165) is 24.1 Å². The van der Waals surface area contributed by atoms with Crippen molar-refractivity contribution >= 4 is 16.6 Å². The minimum Gasteiger partial charge on any atom is -0.512 e. The molecule has 0 atom stereocenters. The van der Waals surface area contributed by atoms with Crippen molar-refractivity contribution in [1.29, 1.82) is 0 Å². The van der Waals surface area contributed by atoms with Gasteiger partial charge < -0.3 is 10.1 Å². The molecule has 0 spiro atoms. The van der Waals surface area contributed by atoms with E-state index < -0.39 is 0 Å². The second-order valence-electron chi connectivity index (χ2n) is 6.59. The first-order chi connectivity index (χ1) is 12.5. The molecule has 1 heterocycles. The zero-order valence-corrected chi connectivity index (χ0v) is 18.1. The Morgan fingerprint density at radius 3 is 2.52 bits per heavy atom. The number of aromatic nitrogens is 1. The Balaban J connectivity index is 0.000000285. The molecule has 2 aromatic carbocycles. The third kappa shape index (κ3) is 4.71. The van der Waals surface area contributed by atoms with Crippen LogP contribution in [0.5, 0.6) is 0 Å². The summed E-state index contributed by atoms with van der Waals surface area (Å²) in [5.41, 5.74) is 6.30. The van der Waals surface area contributed by atoms with Gasteiger partial charge in [-0.2, -0.15) is 0 Å². The van der Waals surface area contributed by atoms with Crippen LogP contribution >= 0.6 is 0 Å². The van der Waals surface area contributed by atoms with Crippen LogP contribution < -0.4 is 0 Å². The number of ketones is 1. The Morgan fingerprint density at radius 2 is 1.89 bits per heavy atom. The van der Waals surface area contributed by atoms with Crippen LogP contribution in [0.15, 0.2) is 54.4 Å². The van der Waals surface area contributed by atoms with Gasteiger partial charge in [0.1, 0.15) is 0 Å². The molecule has 1 aliphatic rings. The fraction of sp³-hybridized carbons (Fsp3) is 0.217. The third-order valence-electron chi connectivity index (χ3n) is 4.45. The topological polar surface area (TPSA) is 50.2 Å². The van der Waals surface area contributed by atoms with Crippen molar-refractivity contribution in [2.24, 2.45) is 0 Å². The molecule has 141 valence electrons. The molecule has 1 N–H and O–H groups in total. The number of benzene rings is 2. The summed E-state index contributed by atoms with van der Waals surface area (Å²) in [5, 5.41) is 11.1. The first kappa shape index (κ1) is 21.0. The number of pyridine rings is 1. The van der Waals surface area contributed by atoms with Gasteiger partial charge in [-0.1, -0.05) is 52.6 Å². The van der Waals surface area contributed by atoms with E-state index >= 15 is 0 Å². The summed E-state index contributed by atoms with van der Waals surface area (Å²) in [6.45, 7) is 4.96. The van der Waals surface area contributed by atoms with E-state index in [-0.39, 0.29) is 31.6 Å². The van der Waals surface area contributed by atoms with E-state index in [4.69, 9.17) is 5.11 Å². The fourth-order valence-electron chi connectivity index (χ4n) is 3.41. The van der Waals surface area contributed by atoms with E-state index in [2.05, 4.69) is 48.3 Å². The quantitative estimate of drug-likeness (QED) is 0.280. The predicted molar refractivity (Wildman–Crippen MR) is 105 cm³/mol. The molecule has 1 aromatic heterocycles. The molecule has 27 heavy (non-hydrogen) atoms. The first-order valence-corrected chi connectivity index (χ1v) is 8.72. The molecule has 0 saturated heterocycles. The van der Waals surface area contributed by atoms with Crippen molar-refractivity contribution in [3.63, 3.8) is 0 Å². The van der Waals surface area contributed by atoms with Gasteiger partial charge in [0.15, 0.2) is 5.78 Å². The largest absolute Gasteiger partial charge is 0.512 e. The van der Waals surface area contributed by atoms with Crippen LogP contribution in [0.25, 0.3) is 22.0 Å². The molecular formula is C23H22IrNO2-. The van der Waals surface area contributed by atoms with Crippen LogP contribution in [-0.4, -0.2) is 15.9 Å². The SMILES string of the molecule is CC(=O)/C=C(/C)O.Cc1cccnc1-c1[c-]cc2c3c(cccc13)CC2.[Ir]. The summed E-state index contributed by atoms with van der Waals surface area (Å²) in [6, 6.07) is 16.3. The number of carbonyl (C=O) groups excluding carboxylic acids is 1. The maximum Gasteiger partial charge on any atom is 0.155 e. The molecule has 0 aliphatic heterocycles. The van der Waals surface area contributed by atoms with Crippen molar-refractivity contribution < 1.29 is 30.0 Å². The summed E-state index contributed by atoms with van der Waals surface area (Å²) in [4.78, 5) is 14.6. The fourth-order valence-corrected chi connectivity index (χ4v) is 3.41. The third-order valence-corrected chi connectivity index (χ3v) is 4.45. The number of aliphatic hydroxyl groups excluding tert-OH is 1. The molecule has 0 fully saturated rings. The van der Waals surface area contributed by atoms with Crippen molar-refractivity contribution in [3.8, 4) is 11.3 Å². The maximum absolute atomic E-state index is 10.0. The Labute approximate surface area is 173 Å². The minimum atomic E-state index is -0.125. The second-order valence-corrected chi connectivity index (χ2v) is 6.59. The van der Waals surface area contributed by atoms with Gasteiger partial charge in [-0.05, 0) is 39.0 Å². The molecule has 0 saturated carbocycles. The standard InChI is InChI=1S/C18H14N.C5H8O2.Ir/c1-12-4-3-11-19-18(12)16-10-9-14-8-7-13-5-2-6-15(16)17(13)14;1-4(6)3-5(2)7;/h2-6,9,11H,7-8H2,1H3;3,6H,1-2H3;/q-1;;/b;4-3-;. The minimum absolute atomic E-state index is 0. The number of hydrogen-bond acceptors (Lipinski definition) is 3. The maximum atomic E-state index is 10.0. The van der Waals surface area contributed by atoms with E-state index in [1.165, 1.54) is 47.4 Å². The summed E-state index contributed by atoms with van der Waals surface area (Å²) >= 11 is 0. The van der Waals surface area contributed by atoms with Gasteiger partial charge in [0.2, 0.25) is 0 Å². The van der Waals surface area contributed by atoms with E-state index in [9.17, 15) is 4.79 Å². The number of aliphatic hydroxyl groups is 1. The Bertz CT molecular complexity index is 994. The summed E-state index contributed by atoms with van der Waals surface area (Å²) in [5.74, 6) is -0.0625. The number of carbonyl (C=O) groups is 1. The van der Waals surface area contributed by atoms with Crippen molar-refractivity contribution in [3.05, 3.63) is 77.2 Å². The Hall–Kier alpha value is -2.29. The zero-order chi connectivity index (χ0) is 18.7. The average Bonchev–Trinajstić information content (AvgIpc) is 3.01. The van der Waals surface area contributed by atoms with Crippen LogP contribution in [0, 0.1) is 13.0 Å². The van der Waals surface area contributed by atoms with Crippen LogP contribution in [0.3, 0.4) is 0 Å². The number of nitrogens with zero attached hydrogens (tertiary/aromatic N) is 1. The summed E-state index contributed by atoms with van der Waals surface area (Å²) in [7, 11) is 0. The van der Waals surface area contributed by atoms with Crippen LogP contribution in [0.4, 0.5) is 0 Å². The van der Waals surface area contributed by atoms with Gasteiger partial charge in [0.25, 0.3) is 0 Å². The van der Waals surface area contributed by atoms with Gasteiger partial charge in [-0.15, -0.1) is 23.3 Å². The average molecular weight is 537 g/mol. The van der Waals surface area contributed by atoms with Crippen LogP contribution in [0.1, 0.15) is 30.5 Å². The normalized spacial score (nSPS) is 12.2. The Kier molecular flexibility index (Phi) is 7.06. The molecule has 1 aliphatic carbocycles. The Morgan fingerprint density at radius 1 is 1.15 bits per heavy atom. The van der Waals surface area contributed by atoms with E-state index in [0.29, 0.717) is 0 Å².